The molecule has 0 atom stereocenters. The highest BCUT2D eigenvalue weighted by Gasteiger charge is 2.04. The molecule has 128 valence electrons. The number of aromatic amines is 1. The molecule has 5 heteroatoms. The first-order chi connectivity index (χ1) is 11.3. The summed E-state index contributed by atoms with van der Waals surface area (Å²) in [6.07, 6.45) is 12.8. The second-order valence-electron chi connectivity index (χ2n) is 6.17. The van der Waals surface area contributed by atoms with Gasteiger partial charge >= 0.3 is 0 Å². The van der Waals surface area contributed by atoms with Gasteiger partial charge in [-0.2, -0.15) is 5.10 Å². The molecule has 0 aromatic carbocycles. The van der Waals surface area contributed by atoms with Crippen LogP contribution in [0.15, 0.2) is 22.8 Å². The quantitative estimate of drug-likeness (QED) is 0.299. The Labute approximate surface area is 140 Å². The predicted octanol–water partition coefficient (Wildman–Crippen LogP) is 3.10. The molecule has 0 amide bonds. The van der Waals surface area contributed by atoms with Crippen LogP contribution in [0.5, 0.6) is 0 Å². The van der Waals surface area contributed by atoms with E-state index in [-0.39, 0.29) is 0 Å². The van der Waals surface area contributed by atoms with Crippen LogP contribution < -0.4 is 10.6 Å². The summed E-state index contributed by atoms with van der Waals surface area (Å²) >= 11 is 0. The SMILES string of the molecule is CCNC(=NCCCc1cn[nH]c1C)NCCC1=CCCCC1. The molecule has 0 bridgehead atoms. The summed E-state index contributed by atoms with van der Waals surface area (Å²) in [5.74, 6) is 0.938. The Kier molecular flexibility index (Phi) is 7.70. The lowest BCUT2D eigenvalue weighted by Gasteiger charge is -2.15. The van der Waals surface area contributed by atoms with Gasteiger partial charge in [0.2, 0.25) is 0 Å². The molecule has 0 fully saturated rings. The van der Waals surface area contributed by atoms with Gasteiger partial charge in [-0.25, -0.2) is 0 Å². The lowest BCUT2D eigenvalue weighted by molar-refractivity contribution is 0.665. The van der Waals surface area contributed by atoms with Gasteiger partial charge in [0.05, 0.1) is 6.20 Å². The van der Waals surface area contributed by atoms with Crippen LogP contribution in [-0.2, 0) is 6.42 Å². The minimum atomic E-state index is 0.836. The minimum Gasteiger partial charge on any atom is -0.357 e. The lowest BCUT2D eigenvalue weighted by Crippen LogP contribution is -2.38. The number of nitrogens with zero attached hydrogens (tertiary/aromatic N) is 2. The van der Waals surface area contributed by atoms with Gasteiger partial charge in [-0.3, -0.25) is 10.1 Å². The van der Waals surface area contributed by atoms with Gasteiger partial charge in [0, 0.05) is 25.3 Å². The highest BCUT2D eigenvalue weighted by atomic mass is 15.2. The third-order valence-corrected chi connectivity index (χ3v) is 4.28. The maximum absolute atomic E-state index is 4.67. The van der Waals surface area contributed by atoms with Crippen LogP contribution in [0.25, 0.3) is 0 Å². The van der Waals surface area contributed by atoms with Gasteiger partial charge in [0.15, 0.2) is 5.96 Å². The number of H-pyrrole nitrogens is 1. The number of hydrogen-bond acceptors (Lipinski definition) is 2. The highest BCUT2D eigenvalue weighted by molar-refractivity contribution is 5.79. The van der Waals surface area contributed by atoms with Gasteiger partial charge in [0.25, 0.3) is 0 Å². The van der Waals surface area contributed by atoms with Gasteiger partial charge in [-0.05, 0) is 64.4 Å². The topological polar surface area (TPSA) is 65.1 Å². The van der Waals surface area contributed by atoms with Gasteiger partial charge in [-0.15, -0.1) is 0 Å². The number of aryl methyl sites for hydroxylation is 2. The fourth-order valence-electron chi connectivity index (χ4n) is 2.90. The molecule has 1 aliphatic rings. The summed E-state index contributed by atoms with van der Waals surface area (Å²) in [7, 11) is 0. The summed E-state index contributed by atoms with van der Waals surface area (Å²) in [5.41, 5.74) is 4.07. The summed E-state index contributed by atoms with van der Waals surface area (Å²) in [5, 5.41) is 13.8. The average molecular weight is 317 g/mol. The van der Waals surface area contributed by atoms with Gasteiger partial charge < -0.3 is 10.6 Å². The first-order valence-electron chi connectivity index (χ1n) is 8.98. The van der Waals surface area contributed by atoms with Crippen LogP contribution in [0, 0.1) is 6.92 Å². The molecule has 2 rings (SSSR count). The van der Waals surface area contributed by atoms with Crippen molar-refractivity contribution in [2.75, 3.05) is 19.6 Å². The van der Waals surface area contributed by atoms with Crippen molar-refractivity contribution in [2.24, 2.45) is 4.99 Å². The summed E-state index contributed by atoms with van der Waals surface area (Å²) < 4.78 is 0. The smallest absolute Gasteiger partial charge is 0.191 e. The van der Waals surface area contributed by atoms with E-state index in [1.54, 1.807) is 5.57 Å². The molecule has 1 aliphatic carbocycles. The van der Waals surface area contributed by atoms with E-state index >= 15 is 0 Å². The molecule has 0 aliphatic heterocycles. The molecular weight excluding hydrogens is 286 g/mol. The van der Waals surface area contributed by atoms with Crippen molar-refractivity contribution in [3.8, 4) is 0 Å². The van der Waals surface area contributed by atoms with E-state index in [9.17, 15) is 0 Å². The Hall–Kier alpha value is -1.78. The second-order valence-corrected chi connectivity index (χ2v) is 6.17. The standard InChI is InChI=1S/C18H31N5/c1-3-19-18(21-13-11-16-8-5-4-6-9-16)20-12-7-10-17-14-22-23-15(17)2/h8,14H,3-7,9-13H2,1-2H3,(H,22,23)(H2,19,20,21). The summed E-state index contributed by atoms with van der Waals surface area (Å²) in [6, 6.07) is 0. The number of allylic oxidation sites excluding steroid dienone is 1. The zero-order valence-corrected chi connectivity index (χ0v) is 14.6. The van der Waals surface area contributed by atoms with Crippen LogP contribution in [-0.4, -0.2) is 35.8 Å². The first-order valence-corrected chi connectivity index (χ1v) is 8.98. The molecule has 0 spiro atoms. The van der Waals surface area contributed by atoms with E-state index in [0.29, 0.717) is 0 Å². The molecule has 0 unspecified atom stereocenters. The molecule has 1 aromatic rings. The number of nitrogens with one attached hydrogen (secondary N) is 3. The fraction of sp³-hybridized carbons (Fsp3) is 0.667. The van der Waals surface area contributed by atoms with Crippen molar-refractivity contribution >= 4 is 5.96 Å². The van der Waals surface area contributed by atoms with Crippen LogP contribution in [0.1, 0.15) is 56.7 Å². The van der Waals surface area contributed by atoms with Crippen LogP contribution in [0.3, 0.4) is 0 Å². The van der Waals surface area contributed by atoms with Crippen molar-refractivity contribution in [1.82, 2.24) is 20.8 Å². The Balaban J connectivity index is 1.69. The number of rotatable bonds is 8. The third kappa shape index (κ3) is 6.47. The zero-order valence-electron chi connectivity index (χ0n) is 14.6. The van der Waals surface area contributed by atoms with Gasteiger partial charge in [0.1, 0.15) is 0 Å². The van der Waals surface area contributed by atoms with E-state index in [4.69, 9.17) is 0 Å². The van der Waals surface area contributed by atoms with E-state index in [1.807, 2.05) is 6.20 Å². The van der Waals surface area contributed by atoms with Crippen LogP contribution in [0.2, 0.25) is 0 Å². The Morgan fingerprint density at radius 2 is 2.22 bits per heavy atom. The van der Waals surface area contributed by atoms with E-state index < -0.39 is 0 Å². The van der Waals surface area contributed by atoms with Gasteiger partial charge in [-0.1, -0.05) is 11.6 Å². The molecule has 3 N–H and O–H groups in total. The Morgan fingerprint density at radius 3 is 2.91 bits per heavy atom. The number of hydrogen-bond donors (Lipinski definition) is 3. The largest absolute Gasteiger partial charge is 0.357 e. The normalized spacial score (nSPS) is 15.4. The van der Waals surface area contributed by atoms with E-state index in [0.717, 1.165) is 44.9 Å². The van der Waals surface area contributed by atoms with Crippen molar-refractivity contribution in [3.05, 3.63) is 29.1 Å². The fourth-order valence-corrected chi connectivity index (χ4v) is 2.90. The van der Waals surface area contributed by atoms with E-state index in [2.05, 4.69) is 45.7 Å². The number of aromatic nitrogens is 2. The maximum Gasteiger partial charge on any atom is 0.191 e. The third-order valence-electron chi connectivity index (χ3n) is 4.28. The van der Waals surface area contributed by atoms with Crippen molar-refractivity contribution in [3.63, 3.8) is 0 Å². The van der Waals surface area contributed by atoms with Crippen molar-refractivity contribution in [2.45, 2.75) is 58.8 Å². The Morgan fingerprint density at radius 1 is 1.30 bits per heavy atom. The Bertz CT molecular complexity index is 515. The van der Waals surface area contributed by atoms with Crippen molar-refractivity contribution < 1.29 is 0 Å². The summed E-state index contributed by atoms with van der Waals surface area (Å²) in [4.78, 5) is 4.67. The monoisotopic (exact) mass is 317 g/mol. The van der Waals surface area contributed by atoms with Crippen LogP contribution in [0.4, 0.5) is 0 Å². The molecule has 23 heavy (non-hydrogen) atoms. The molecule has 1 heterocycles. The average Bonchev–Trinajstić information content (AvgIpc) is 2.97. The van der Waals surface area contributed by atoms with Crippen LogP contribution >= 0.6 is 0 Å². The molecule has 5 nitrogen and oxygen atoms in total. The molecule has 0 saturated heterocycles. The van der Waals surface area contributed by atoms with Crippen molar-refractivity contribution in [1.29, 1.82) is 0 Å². The number of aliphatic imine (C=N–C) groups is 1. The lowest BCUT2D eigenvalue weighted by atomic mass is 9.97. The van der Waals surface area contributed by atoms with E-state index in [1.165, 1.54) is 36.9 Å². The molecule has 0 radical (unpaired) electrons. The highest BCUT2D eigenvalue weighted by Crippen LogP contribution is 2.19. The zero-order chi connectivity index (χ0) is 16.3. The minimum absolute atomic E-state index is 0.836. The maximum atomic E-state index is 4.67. The second kappa shape index (κ2) is 10.1. The molecule has 0 saturated carbocycles. The predicted molar refractivity (Wildman–Crippen MR) is 96.8 cm³/mol. The molecule has 1 aromatic heterocycles. The first kappa shape index (κ1) is 17.6. The number of guanidine groups is 1. The summed E-state index contributed by atoms with van der Waals surface area (Å²) in [6.45, 7) is 6.88. The molecular formula is C18H31N5.